The summed E-state index contributed by atoms with van der Waals surface area (Å²) in [7, 11) is 0. The van der Waals surface area contributed by atoms with Crippen LogP contribution in [-0.4, -0.2) is 55.5 Å². The van der Waals surface area contributed by atoms with Crippen molar-refractivity contribution in [1.29, 1.82) is 5.26 Å². The predicted octanol–water partition coefficient (Wildman–Crippen LogP) is 7.50. The Hall–Kier alpha value is -4.22. The average molecular weight is 700 g/mol. The third-order valence-electron chi connectivity index (χ3n) is 8.52. The van der Waals surface area contributed by atoms with E-state index in [0.29, 0.717) is 38.4 Å². The Labute approximate surface area is 286 Å². The van der Waals surface area contributed by atoms with Gasteiger partial charge >= 0.3 is 6.18 Å². The lowest BCUT2D eigenvalue weighted by Crippen LogP contribution is -2.52. The Morgan fingerprint density at radius 3 is 2.48 bits per heavy atom. The Kier molecular flexibility index (Phi) is 9.37. The second-order valence-corrected chi connectivity index (χ2v) is 13.7. The van der Waals surface area contributed by atoms with Crippen LogP contribution in [0.15, 0.2) is 66.8 Å². The molecule has 0 spiro atoms. The molecule has 2 aromatic carbocycles. The highest BCUT2D eigenvalue weighted by Crippen LogP contribution is 2.37. The number of nitriles is 1. The van der Waals surface area contributed by atoms with Gasteiger partial charge in [0.05, 0.1) is 33.5 Å². The highest BCUT2D eigenvalue weighted by Gasteiger charge is 2.32. The van der Waals surface area contributed by atoms with E-state index in [1.54, 1.807) is 12.1 Å². The first-order chi connectivity index (χ1) is 22.8. The molecule has 1 atom stereocenters. The molecule has 252 valence electrons. The van der Waals surface area contributed by atoms with Gasteiger partial charge in [-0.2, -0.15) is 23.5 Å². The standard InChI is InChI=1S/C33H35Cl2F3N10/c1-32(2,3)46-11-8-24(9-12-46)48-18-27(43-45-48)30(20-4-6-22(34)7-5-20)41-23-14-25-29(21(16-39)17-40-31(25)26(35)15-23)42-28-10-13-47(44-28)19-33(36,37)38/h4-7,10,13-15,17-18,24,30,41,43,45H,8-9,11-12,19H2,1-3H3,(H,40,42,44)/t30-/m0/s1. The lowest BCUT2D eigenvalue weighted by Gasteiger charge is -2.42. The molecular weight excluding hydrogens is 664 g/mol. The van der Waals surface area contributed by atoms with Crippen LogP contribution < -0.4 is 21.6 Å². The molecule has 2 aromatic heterocycles. The van der Waals surface area contributed by atoms with Gasteiger partial charge in [0.25, 0.3) is 0 Å². The molecule has 0 amide bonds. The minimum Gasteiger partial charge on any atom is -0.373 e. The zero-order valence-electron chi connectivity index (χ0n) is 26.5. The van der Waals surface area contributed by atoms with Gasteiger partial charge in [0.15, 0.2) is 5.82 Å². The molecule has 2 aliphatic heterocycles. The maximum Gasteiger partial charge on any atom is 0.408 e. The first-order valence-electron chi connectivity index (χ1n) is 15.5. The number of anilines is 3. The summed E-state index contributed by atoms with van der Waals surface area (Å²) in [6.07, 6.45) is 2.24. The Balaban J connectivity index is 1.32. The van der Waals surface area contributed by atoms with E-state index in [1.807, 2.05) is 24.3 Å². The summed E-state index contributed by atoms with van der Waals surface area (Å²) in [4.78, 5) is 6.90. The summed E-state index contributed by atoms with van der Waals surface area (Å²) in [5.74, 6) is 0.136. The SMILES string of the molecule is CC(C)(C)N1CCC(N2C=C([C@@H](Nc3cc(Cl)c4ncc(C#N)c(Nc5ccn(CC(F)(F)F)n5)c4c3)c3ccc(Cl)cc3)NN2)CC1. The minimum absolute atomic E-state index is 0.126. The molecule has 2 aliphatic rings. The highest BCUT2D eigenvalue weighted by molar-refractivity contribution is 6.36. The lowest BCUT2D eigenvalue weighted by atomic mass is 9.98. The van der Waals surface area contributed by atoms with Crippen molar-refractivity contribution in [1.82, 2.24) is 35.6 Å². The number of nitrogens with zero attached hydrogens (tertiary/aromatic N) is 6. The number of piperidine rings is 1. The van der Waals surface area contributed by atoms with Crippen molar-refractivity contribution < 1.29 is 13.2 Å². The summed E-state index contributed by atoms with van der Waals surface area (Å²) in [6, 6.07) is 14.5. The van der Waals surface area contributed by atoms with Gasteiger partial charge < -0.3 is 16.1 Å². The van der Waals surface area contributed by atoms with E-state index < -0.39 is 12.7 Å². The Morgan fingerprint density at radius 1 is 1.08 bits per heavy atom. The van der Waals surface area contributed by atoms with Crippen LogP contribution in [0.25, 0.3) is 10.9 Å². The quantitative estimate of drug-likeness (QED) is 0.149. The number of benzene rings is 2. The second-order valence-electron chi connectivity index (χ2n) is 12.9. The van der Waals surface area contributed by atoms with Crippen LogP contribution in [0.2, 0.25) is 10.0 Å². The number of hydrogen-bond donors (Lipinski definition) is 4. The van der Waals surface area contributed by atoms with E-state index in [1.165, 1.54) is 18.5 Å². The number of nitrogens with one attached hydrogen (secondary N) is 4. The van der Waals surface area contributed by atoms with Crippen molar-refractivity contribution in [3.8, 4) is 6.07 Å². The lowest BCUT2D eigenvalue weighted by molar-refractivity contribution is -0.142. The zero-order valence-corrected chi connectivity index (χ0v) is 28.0. The summed E-state index contributed by atoms with van der Waals surface area (Å²) < 4.78 is 39.6. The molecule has 1 fully saturated rings. The number of aromatic nitrogens is 3. The van der Waals surface area contributed by atoms with Crippen molar-refractivity contribution in [2.24, 2.45) is 0 Å². The fourth-order valence-corrected chi connectivity index (χ4v) is 6.45. The molecule has 15 heteroatoms. The molecule has 0 radical (unpaired) electrons. The van der Waals surface area contributed by atoms with E-state index in [2.05, 4.69) is 74.6 Å². The van der Waals surface area contributed by atoms with Crippen molar-refractivity contribution in [3.63, 3.8) is 0 Å². The van der Waals surface area contributed by atoms with Crippen molar-refractivity contribution in [2.45, 2.75) is 64.0 Å². The molecule has 48 heavy (non-hydrogen) atoms. The summed E-state index contributed by atoms with van der Waals surface area (Å²) in [6.45, 7) is 7.48. The van der Waals surface area contributed by atoms with Crippen LogP contribution >= 0.6 is 23.2 Å². The van der Waals surface area contributed by atoms with Crippen molar-refractivity contribution >= 4 is 51.3 Å². The average Bonchev–Trinajstić information content (AvgIpc) is 3.69. The van der Waals surface area contributed by atoms with Gasteiger partial charge in [0.2, 0.25) is 0 Å². The molecule has 4 aromatic rings. The molecule has 0 bridgehead atoms. The maximum atomic E-state index is 12.9. The molecule has 0 aliphatic carbocycles. The van der Waals surface area contributed by atoms with Crippen LogP contribution in [-0.2, 0) is 6.54 Å². The molecule has 0 saturated carbocycles. The largest absolute Gasteiger partial charge is 0.408 e. The minimum atomic E-state index is -4.43. The van der Waals surface area contributed by atoms with Gasteiger partial charge in [-0.15, -0.1) is 5.53 Å². The zero-order chi connectivity index (χ0) is 34.2. The van der Waals surface area contributed by atoms with E-state index in [4.69, 9.17) is 23.2 Å². The number of hydrazine groups is 2. The number of hydrogen-bond acceptors (Lipinski definition) is 9. The smallest absolute Gasteiger partial charge is 0.373 e. The molecule has 0 unspecified atom stereocenters. The van der Waals surface area contributed by atoms with Gasteiger partial charge in [0.1, 0.15) is 12.6 Å². The van der Waals surface area contributed by atoms with Crippen LogP contribution in [0.3, 0.4) is 0 Å². The van der Waals surface area contributed by atoms with Gasteiger partial charge in [-0.3, -0.25) is 19.6 Å². The van der Waals surface area contributed by atoms with Crippen LogP contribution in [0, 0.1) is 11.3 Å². The fourth-order valence-electron chi connectivity index (χ4n) is 6.05. The van der Waals surface area contributed by atoms with Gasteiger partial charge in [-0.05, 0) is 63.4 Å². The summed E-state index contributed by atoms with van der Waals surface area (Å²) >= 11 is 13.0. The number of rotatable bonds is 8. The summed E-state index contributed by atoms with van der Waals surface area (Å²) in [5, 5.41) is 24.0. The van der Waals surface area contributed by atoms with E-state index in [9.17, 15) is 18.4 Å². The van der Waals surface area contributed by atoms with Crippen molar-refractivity contribution in [3.05, 3.63) is 87.9 Å². The topological polar surface area (TPSA) is 109 Å². The highest BCUT2D eigenvalue weighted by atomic mass is 35.5. The number of alkyl halides is 3. The van der Waals surface area contributed by atoms with Gasteiger partial charge in [-0.1, -0.05) is 35.3 Å². The fraction of sp³-hybridized carbons (Fsp3) is 0.364. The van der Waals surface area contributed by atoms with Gasteiger partial charge in [-0.25, -0.2) is 0 Å². The molecule has 4 heterocycles. The molecule has 10 nitrogen and oxygen atoms in total. The Bertz CT molecular complexity index is 1850. The molecular formula is C33H35Cl2F3N10. The maximum absolute atomic E-state index is 12.9. The van der Waals surface area contributed by atoms with Crippen LogP contribution in [0.4, 0.5) is 30.4 Å². The third kappa shape index (κ3) is 7.57. The number of pyridine rings is 1. The van der Waals surface area contributed by atoms with Gasteiger partial charge in [0, 0.05) is 65.4 Å². The van der Waals surface area contributed by atoms with Crippen molar-refractivity contribution in [2.75, 3.05) is 23.7 Å². The monoisotopic (exact) mass is 698 g/mol. The van der Waals surface area contributed by atoms with Crippen LogP contribution in [0.1, 0.15) is 50.8 Å². The predicted molar refractivity (Wildman–Crippen MR) is 181 cm³/mol. The number of likely N-dealkylation sites (tertiary alicyclic amines) is 1. The van der Waals surface area contributed by atoms with Crippen LogP contribution in [0.5, 0.6) is 0 Å². The Morgan fingerprint density at radius 2 is 1.81 bits per heavy atom. The number of halogens is 5. The second kappa shape index (κ2) is 13.4. The first-order valence-corrected chi connectivity index (χ1v) is 16.2. The van der Waals surface area contributed by atoms with E-state index in [-0.39, 0.29) is 23.0 Å². The number of fused-ring (bicyclic) bond motifs is 1. The first kappa shape index (κ1) is 33.7. The molecule has 1 saturated heterocycles. The summed E-state index contributed by atoms with van der Waals surface area (Å²) in [5.41, 5.74) is 10.1. The normalized spacial score (nSPS) is 16.8. The third-order valence-corrected chi connectivity index (χ3v) is 9.06. The van der Waals surface area contributed by atoms with E-state index >= 15 is 0 Å². The van der Waals surface area contributed by atoms with E-state index in [0.717, 1.165) is 41.9 Å². The molecule has 4 N–H and O–H groups in total. The molecule has 6 rings (SSSR count).